The van der Waals surface area contributed by atoms with Crippen LogP contribution in [0.4, 0.5) is 0 Å². The molecular weight excluding hydrogens is 372 g/mol. The van der Waals surface area contributed by atoms with Crippen molar-refractivity contribution < 1.29 is 13.5 Å². The molecule has 2 heterocycles. The lowest BCUT2D eigenvalue weighted by Crippen LogP contribution is -2.26. The average Bonchev–Trinajstić information content (AvgIpc) is 2.98. The molecule has 0 amide bonds. The van der Waals surface area contributed by atoms with Gasteiger partial charge in [0.05, 0.1) is 28.1 Å². The molecule has 2 rings (SSSR count). The normalized spacial score (nSPS) is 12.2. The van der Waals surface area contributed by atoms with Crippen LogP contribution in [0.3, 0.4) is 0 Å². The number of hydrogen-bond acceptors (Lipinski definition) is 6. The standard InChI is InChI=1S/C10H11BrN2O3S3/c1-13(3-7-5-17-6-12-7)19(15,16)9-2-8(4-14)18-10(9)11/h2,5-6,14H,3-4H2,1H3. The second-order valence-corrected chi connectivity index (χ2v) is 8.94. The number of thiophene rings is 1. The van der Waals surface area contributed by atoms with E-state index in [2.05, 4.69) is 20.9 Å². The average molecular weight is 383 g/mol. The van der Waals surface area contributed by atoms with Crippen LogP contribution in [0.15, 0.2) is 25.6 Å². The minimum absolute atomic E-state index is 0.172. The number of sulfonamides is 1. The number of halogens is 1. The second-order valence-electron chi connectivity index (χ2n) is 3.75. The SMILES string of the molecule is CN(Cc1cscn1)S(=O)(=O)c1cc(CO)sc1Br. The summed E-state index contributed by atoms with van der Waals surface area (Å²) in [5.41, 5.74) is 2.38. The molecule has 0 radical (unpaired) electrons. The van der Waals surface area contributed by atoms with E-state index in [9.17, 15) is 8.42 Å². The number of aliphatic hydroxyl groups is 1. The molecule has 2 aromatic heterocycles. The lowest BCUT2D eigenvalue weighted by Gasteiger charge is -2.15. The van der Waals surface area contributed by atoms with E-state index in [4.69, 9.17) is 5.11 Å². The summed E-state index contributed by atoms with van der Waals surface area (Å²) in [6, 6.07) is 1.49. The summed E-state index contributed by atoms with van der Waals surface area (Å²) >= 11 is 5.87. The number of aromatic nitrogens is 1. The highest BCUT2D eigenvalue weighted by Gasteiger charge is 2.26. The molecule has 0 aromatic carbocycles. The van der Waals surface area contributed by atoms with E-state index in [1.807, 2.05) is 5.38 Å². The van der Waals surface area contributed by atoms with Gasteiger partial charge in [-0.2, -0.15) is 4.31 Å². The van der Waals surface area contributed by atoms with Gasteiger partial charge in [-0.05, 0) is 22.0 Å². The van der Waals surface area contributed by atoms with Crippen molar-refractivity contribution in [2.45, 2.75) is 18.0 Å². The summed E-state index contributed by atoms with van der Waals surface area (Å²) in [4.78, 5) is 4.85. The first-order valence-electron chi connectivity index (χ1n) is 5.17. The quantitative estimate of drug-likeness (QED) is 0.860. The lowest BCUT2D eigenvalue weighted by molar-refractivity contribution is 0.285. The first-order valence-corrected chi connectivity index (χ1v) is 9.17. The second kappa shape index (κ2) is 5.98. The number of aliphatic hydroxyl groups excluding tert-OH is 1. The summed E-state index contributed by atoms with van der Waals surface area (Å²) in [6.07, 6.45) is 0. The zero-order valence-corrected chi connectivity index (χ0v) is 13.9. The van der Waals surface area contributed by atoms with E-state index in [0.29, 0.717) is 14.4 Å². The molecule has 104 valence electrons. The van der Waals surface area contributed by atoms with Gasteiger partial charge in [-0.25, -0.2) is 13.4 Å². The highest BCUT2D eigenvalue weighted by molar-refractivity contribution is 9.11. The van der Waals surface area contributed by atoms with Crippen LogP contribution in [-0.4, -0.2) is 29.9 Å². The molecule has 0 spiro atoms. The van der Waals surface area contributed by atoms with Crippen LogP contribution in [0.5, 0.6) is 0 Å². The molecule has 0 bridgehead atoms. The predicted molar refractivity (Wildman–Crippen MR) is 78.7 cm³/mol. The smallest absolute Gasteiger partial charge is 0.245 e. The number of thiazole rings is 1. The van der Waals surface area contributed by atoms with E-state index in [-0.39, 0.29) is 18.0 Å². The molecule has 2 aromatic rings. The molecule has 0 unspecified atom stereocenters. The van der Waals surface area contributed by atoms with Crippen molar-refractivity contribution in [3.63, 3.8) is 0 Å². The monoisotopic (exact) mass is 382 g/mol. The van der Waals surface area contributed by atoms with Crippen LogP contribution in [0.2, 0.25) is 0 Å². The Bertz CT molecular complexity index is 652. The largest absolute Gasteiger partial charge is 0.391 e. The first kappa shape index (κ1) is 15.1. The minimum atomic E-state index is -3.58. The van der Waals surface area contributed by atoms with Gasteiger partial charge in [-0.15, -0.1) is 22.7 Å². The molecular formula is C10H11BrN2O3S3. The van der Waals surface area contributed by atoms with Gasteiger partial charge in [-0.3, -0.25) is 0 Å². The zero-order chi connectivity index (χ0) is 14.0. The van der Waals surface area contributed by atoms with Crippen LogP contribution in [0, 0.1) is 0 Å². The molecule has 0 aliphatic carbocycles. The summed E-state index contributed by atoms with van der Waals surface area (Å²) in [5.74, 6) is 0. The fourth-order valence-corrected chi connectivity index (χ4v) is 5.63. The zero-order valence-electron chi connectivity index (χ0n) is 9.91. The van der Waals surface area contributed by atoms with Crippen LogP contribution < -0.4 is 0 Å². The van der Waals surface area contributed by atoms with Crippen LogP contribution in [0.25, 0.3) is 0 Å². The van der Waals surface area contributed by atoms with Gasteiger partial charge >= 0.3 is 0 Å². The number of hydrogen-bond donors (Lipinski definition) is 1. The topological polar surface area (TPSA) is 70.5 Å². The molecule has 9 heteroatoms. The molecule has 0 atom stereocenters. The van der Waals surface area contributed by atoms with Crippen molar-refractivity contribution in [3.05, 3.63) is 31.3 Å². The van der Waals surface area contributed by atoms with Crippen molar-refractivity contribution >= 4 is 48.6 Å². The van der Waals surface area contributed by atoms with Crippen LogP contribution >= 0.6 is 38.6 Å². The maximum Gasteiger partial charge on any atom is 0.245 e. The maximum atomic E-state index is 12.4. The molecule has 0 aliphatic heterocycles. The Hall–Kier alpha value is -0.320. The van der Waals surface area contributed by atoms with Crippen molar-refractivity contribution in [1.29, 1.82) is 0 Å². The third kappa shape index (κ3) is 3.23. The molecule has 1 N–H and O–H groups in total. The summed E-state index contributed by atoms with van der Waals surface area (Å²) in [6.45, 7) is 0.0527. The molecule has 19 heavy (non-hydrogen) atoms. The van der Waals surface area contributed by atoms with Gasteiger partial charge in [0, 0.05) is 17.3 Å². The number of rotatable bonds is 5. The van der Waals surface area contributed by atoms with Gasteiger partial charge in [0.25, 0.3) is 0 Å². The molecule has 5 nitrogen and oxygen atoms in total. The van der Waals surface area contributed by atoms with Gasteiger partial charge in [0.2, 0.25) is 10.0 Å². The minimum Gasteiger partial charge on any atom is -0.391 e. The van der Waals surface area contributed by atoms with E-state index >= 15 is 0 Å². The van der Waals surface area contributed by atoms with Gasteiger partial charge in [0.1, 0.15) is 4.90 Å². The third-order valence-corrected chi connectivity index (χ3v) is 7.09. The van der Waals surface area contributed by atoms with Crippen molar-refractivity contribution in [3.8, 4) is 0 Å². The van der Waals surface area contributed by atoms with Gasteiger partial charge < -0.3 is 5.11 Å². The fraction of sp³-hybridized carbons (Fsp3) is 0.300. The van der Waals surface area contributed by atoms with Crippen LogP contribution in [0.1, 0.15) is 10.6 Å². The highest BCUT2D eigenvalue weighted by atomic mass is 79.9. The van der Waals surface area contributed by atoms with E-state index in [0.717, 1.165) is 0 Å². The number of nitrogens with zero attached hydrogens (tertiary/aromatic N) is 2. The van der Waals surface area contributed by atoms with E-state index in [1.54, 1.807) is 5.51 Å². The Morgan fingerprint density at radius 2 is 2.26 bits per heavy atom. The Balaban J connectivity index is 2.28. The van der Waals surface area contributed by atoms with Crippen molar-refractivity contribution in [2.24, 2.45) is 0 Å². The third-order valence-electron chi connectivity index (χ3n) is 2.42. The highest BCUT2D eigenvalue weighted by Crippen LogP contribution is 2.33. The molecule has 0 saturated carbocycles. The lowest BCUT2D eigenvalue weighted by atomic mass is 10.5. The Labute approximate surface area is 127 Å². The first-order chi connectivity index (χ1) is 8.95. The Morgan fingerprint density at radius 1 is 1.53 bits per heavy atom. The fourth-order valence-electron chi connectivity index (χ4n) is 1.45. The Morgan fingerprint density at radius 3 is 2.79 bits per heavy atom. The summed E-state index contributed by atoms with van der Waals surface area (Å²) < 4.78 is 26.6. The molecule has 0 saturated heterocycles. The van der Waals surface area contributed by atoms with E-state index in [1.165, 1.54) is 40.1 Å². The van der Waals surface area contributed by atoms with Gasteiger partial charge in [0.15, 0.2) is 0 Å². The Kier molecular flexibility index (Phi) is 4.75. The van der Waals surface area contributed by atoms with Gasteiger partial charge in [-0.1, -0.05) is 0 Å². The van der Waals surface area contributed by atoms with E-state index < -0.39 is 10.0 Å². The maximum absolute atomic E-state index is 12.4. The van der Waals surface area contributed by atoms with Crippen molar-refractivity contribution in [2.75, 3.05) is 7.05 Å². The summed E-state index contributed by atoms with van der Waals surface area (Å²) in [5, 5.41) is 10.9. The van der Waals surface area contributed by atoms with Crippen LogP contribution in [-0.2, 0) is 23.2 Å². The summed E-state index contributed by atoms with van der Waals surface area (Å²) in [7, 11) is -2.07. The molecule has 0 aliphatic rings. The van der Waals surface area contributed by atoms with Crippen molar-refractivity contribution in [1.82, 2.24) is 9.29 Å². The predicted octanol–water partition coefficient (Wildman–Crippen LogP) is 2.28. The molecule has 0 fully saturated rings.